The van der Waals surface area contributed by atoms with E-state index in [1.165, 1.54) is 4.57 Å². The molecule has 21 heavy (non-hydrogen) atoms. The summed E-state index contributed by atoms with van der Waals surface area (Å²) < 4.78 is 41.7. The van der Waals surface area contributed by atoms with E-state index in [-0.39, 0.29) is 12.0 Å². The second-order valence-electron chi connectivity index (χ2n) is 6.59. The summed E-state index contributed by atoms with van der Waals surface area (Å²) in [4.78, 5) is 3.93. The third kappa shape index (κ3) is 2.70. The summed E-state index contributed by atoms with van der Waals surface area (Å²) in [6.07, 6.45) is -0.927. The van der Waals surface area contributed by atoms with Crippen LogP contribution in [0.1, 0.15) is 56.4 Å². The summed E-state index contributed by atoms with van der Waals surface area (Å²) in [6, 6.07) is -0.0628. The normalized spacial score (nSPS) is 30.2. The summed E-state index contributed by atoms with van der Waals surface area (Å²) in [5, 5.41) is 3.11. The van der Waals surface area contributed by atoms with Gasteiger partial charge >= 0.3 is 6.18 Å². The van der Waals surface area contributed by atoms with Gasteiger partial charge in [0.2, 0.25) is 5.82 Å². The third-order valence-corrected chi connectivity index (χ3v) is 4.90. The molecule has 3 atom stereocenters. The molecule has 0 bridgehead atoms. The van der Waals surface area contributed by atoms with Gasteiger partial charge < -0.3 is 9.88 Å². The van der Waals surface area contributed by atoms with Gasteiger partial charge in [-0.3, -0.25) is 0 Å². The lowest BCUT2D eigenvalue weighted by atomic mass is 9.79. The molecule has 0 amide bonds. The van der Waals surface area contributed by atoms with E-state index in [0.29, 0.717) is 24.6 Å². The molecular weight excluding hydrogens is 279 g/mol. The quantitative estimate of drug-likeness (QED) is 0.860. The topological polar surface area (TPSA) is 29.9 Å². The van der Waals surface area contributed by atoms with Crippen LogP contribution in [-0.2, 0) is 19.1 Å². The first-order valence-corrected chi connectivity index (χ1v) is 7.75. The average molecular weight is 301 g/mol. The molecule has 3 unspecified atom stereocenters. The maximum atomic E-state index is 13.4. The Balaban J connectivity index is 2.05. The predicted octanol–water partition coefficient (Wildman–Crippen LogP) is 3.54. The third-order valence-electron chi connectivity index (χ3n) is 4.90. The molecule has 1 aliphatic heterocycles. The molecule has 2 aliphatic rings. The second kappa shape index (κ2) is 5.30. The Hall–Kier alpha value is -1.04. The zero-order valence-corrected chi connectivity index (χ0v) is 12.5. The molecule has 1 aliphatic carbocycles. The smallest absolute Gasteiger partial charge is 0.321 e. The van der Waals surface area contributed by atoms with Gasteiger partial charge in [0.15, 0.2) is 0 Å². The second-order valence-corrected chi connectivity index (χ2v) is 6.59. The molecule has 1 aromatic heterocycles. The molecule has 1 aromatic rings. The number of nitrogens with one attached hydrogen (secondary N) is 1. The van der Waals surface area contributed by atoms with E-state index >= 15 is 0 Å². The zero-order valence-electron chi connectivity index (χ0n) is 12.5. The monoisotopic (exact) mass is 301 g/mol. The van der Waals surface area contributed by atoms with Crippen LogP contribution in [0.25, 0.3) is 0 Å². The number of alkyl halides is 3. The van der Waals surface area contributed by atoms with E-state index in [1.54, 1.807) is 0 Å². The maximum absolute atomic E-state index is 13.4. The fraction of sp³-hybridized carbons (Fsp3) is 0.800. The number of aromatic nitrogens is 2. The summed E-state index contributed by atoms with van der Waals surface area (Å²) in [6.45, 7) is 5.44. The molecule has 2 heterocycles. The van der Waals surface area contributed by atoms with Crippen molar-refractivity contribution in [2.45, 2.75) is 58.3 Å². The Labute approximate surface area is 122 Å². The standard InChI is InChI=1S/C15H22F3N3/c1-9-3-4-12(10(2)7-9)21-13-5-6-19-8-11(13)20-14(21)15(16,17)18/h9-10,12,19H,3-8H2,1-2H3. The van der Waals surface area contributed by atoms with Crippen LogP contribution in [0, 0.1) is 11.8 Å². The largest absolute Gasteiger partial charge is 0.449 e. The highest BCUT2D eigenvalue weighted by Gasteiger charge is 2.42. The van der Waals surface area contributed by atoms with Gasteiger partial charge in [0.05, 0.1) is 5.69 Å². The number of fused-ring (bicyclic) bond motifs is 1. The Morgan fingerprint density at radius 2 is 2.00 bits per heavy atom. The van der Waals surface area contributed by atoms with Crippen LogP contribution in [0.2, 0.25) is 0 Å². The van der Waals surface area contributed by atoms with Crippen molar-refractivity contribution in [3.8, 4) is 0 Å². The molecule has 3 nitrogen and oxygen atoms in total. The highest BCUT2D eigenvalue weighted by Crippen LogP contribution is 2.42. The molecule has 1 saturated carbocycles. The molecule has 1 N–H and O–H groups in total. The molecule has 6 heteroatoms. The summed E-state index contributed by atoms with van der Waals surface area (Å²) in [5.41, 5.74) is 1.38. The van der Waals surface area contributed by atoms with Crippen molar-refractivity contribution in [1.29, 1.82) is 0 Å². The number of hydrogen-bond donors (Lipinski definition) is 1. The van der Waals surface area contributed by atoms with Crippen LogP contribution < -0.4 is 5.32 Å². The van der Waals surface area contributed by atoms with Crippen molar-refractivity contribution in [3.63, 3.8) is 0 Å². The fourth-order valence-electron chi connectivity index (χ4n) is 3.92. The minimum Gasteiger partial charge on any atom is -0.321 e. The molecule has 0 aromatic carbocycles. The maximum Gasteiger partial charge on any atom is 0.449 e. The van der Waals surface area contributed by atoms with Crippen molar-refractivity contribution in [3.05, 3.63) is 17.2 Å². The van der Waals surface area contributed by atoms with E-state index in [2.05, 4.69) is 24.1 Å². The van der Waals surface area contributed by atoms with Crippen molar-refractivity contribution < 1.29 is 13.2 Å². The van der Waals surface area contributed by atoms with Crippen LogP contribution >= 0.6 is 0 Å². The molecule has 3 rings (SSSR count). The van der Waals surface area contributed by atoms with E-state index in [4.69, 9.17) is 0 Å². The van der Waals surface area contributed by atoms with Crippen molar-refractivity contribution in [1.82, 2.24) is 14.9 Å². The van der Waals surface area contributed by atoms with E-state index in [1.807, 2.05) is 0 Å². The van der Waals surface area contributed by atoms with Crippen molar-refractivity contribution >= 4 is 0 Å². The Morgan fingerprint density at radius 3 is 2.67 bits per heavy atom. The highest BCUT2D eigenvalue weighted by atomic mass is 19.4. The molecule has 0 radical (unpaired) electrons. The van der Waals surface area contributed by atoms with Crippen LogP contribution in [0.3, 0.4) is 0 Å². The zero-order chi connectivity index (χ0) is 15.2. The molecule has 0 spiro atoms. The van der Waals surface area contributed by atoms with Crippen LogP contribution in [0.15, 0.2) is 0 Å². The Bertz CT molecular complexity index is 521. The Morgan fingerprint density at radius 1 is 1.24 bits per heavy atom. The van der Waals surface area contributed by atoms with Gasteiger partial charge in [-0.05, 0) is 31.1 Å². The predicted molar refractivity (Wildman–Crippen MR) is 73.9 cm³/mol. The van der Waals surface area contributed by atoms with Gasteiger partial charge in [-0.15, -0.1) is 0 Å². The average Bonchev–Trinajstić information content (AvgIpc) is 2.78. The molecule has 0 saturated heterocycles. The lowest BCUT2D eigenvalue weighted by molar-refractivity contribution is -0.148. The SMILES string of the molecule is CC1CCC(n2c(C(F)(F)F)nc3c2CCNC3)C(C)C1. The lowest BCUT2D eigenvalue weighted by Gasteiger charge is -2.36. The minimum atomic E-state index is -4.37. The fourth-order valence-corrected chi connectivity index (χ4v) is 3.92. The first-order valence-electron chi connectivity index (χ1n) is 7.75. The molecular formula is C15H22F3N3. The number of hydrogen-bond acceptors (Lipinski definition) is 2. The summed E-state index contributed by atoms with van der Waals surface area (Å²) >= 11 is 0. The van der Waals surface area contributed by atoms with Gasteiger partial charge in [0.1, 0.15) is 0 Å². The van der Waals surface area contributed by atoms with Gasteiger partial charge in [0.25, 0.3) is 0 Å². The number of rotatable bonds is 1. The van der Waals surface area contributed by atoms with Crippen molar-refractivity contribution in [2.75, 3.05) is 6.54 Å². The van der Waals surface area contributed by atoms with E-state index in [0.717, 1.165) is 31.5 Å². The summed E-state index contributed by atoms with van der Waals surface area (Å²) in [5.74, 6) is 0.178. The van der Waals surface area contributed by atoms with Crippen LogP contribution in [0.4, 0.5) is 13.2 Å². The number of nitrogens with zero attached hydrogens (tertiary/aromatic N) is 2. The minimum absolute atomic E-state index is 0.0628. The van der Waals surface area contributed by atoms with Crippen LogP contribution in [0.5, 0.6) is 0 Å². The van der Waals surface area contributed by atoms with E-state index < -0.39 is 12.0 Å². The van der Waals surface area contributed by atoms with Gasteiger partial charge in [0, 0.05) is 31.2 Å². The van der Waals surface area contributed by atoms with Crippen LogP contribution in [-0.4, -0.2) is 16.1 Å². The molecule has 118 valence electrons. The number of imidazole rings is 1. The van der Waals surface area contributed by atoms with Gasteiger partial charge in [-0.1, -0.05) is 13.8 Å². The van der Waals surface area contributed by atoms with Gasteiger partial charge in [-0.25, -0.2) is 4.98 Å². The first kappa shape index (κ1) is 14.9. The van der Waals surface area contributed by atoms with E-state index in [9.17, 15) is 13.2 Å². The number of halogens is 3. The molecule has 1 fully saturated rings. The lowest BCUT2D eigenvalue weighted by Crippen LogP contribution is -2.31. The van der Waals surface area contributed by atoms with Crippen molar-refractivity contribution in [2.24, 2.45) is 11.8 Å². The van der Waals surface area contributed by atoms with Gasteiger partial charge in [-0.2, -0.15) is 13.2 Å². The summed E-state index contributed by atoms with van der Waals surface area (Å²) in [7, 11) is 0. The first-order chi connectivity index (χ1) is 9.88. The Kier molecular flexibility index (Phi) is 3.76. The highest BCUT2D eigenvalue weighted by molar-refractivity contribution is 5.23.